The molecule has 22 heavy (non-hydrogen) atoms. The Balaban J connectivity index is 1.88. The van der Waals surface area contributed by atoms with E-state index in [1.165, 1.54) is 16.6 Å². The first-order valence-electron chi connectivity index (χ1n) is 7.19. The van der Waals surface area contributed by atoms with E-state index >= 15 is 0 Å². The molecule has 0 saturated heterocycles. The number of methoxy groups -OCH3 is 1. The standard InChI is InChI=1S/C17H21NO2S2/c1-12(2)17(15-5-4-10-21-15)18-16(19)11-22-14-8-6-13(20-3)7-9-14/h4-10,12,17H,11H2,1-3H3,(H,18,19)/t17-/m1/s1. The molecule has 0 bridgehead atoms. The van der Waals surface area contributed by atoms with E-state index in [9.17, 15) is 4.79 Å². The lowest BCUT2D eigenvalue weighted by atomic mass is 10.0. The zero-order valence-electron chi connectivity index (χ0n) is 13.0. The molecule has 1 N–H and O–H groups in total. The van der Waals surface area contributed by atoms with E-state index in [4.69, 9.17) is 4.74 Å². The Morgan fingerprint density at radius 3 is 2.55 bits per heavy atom. The zero-order valence-corrected chi connectivity index (χ0v) is 14.7. The fourth-order valence-electron chi connectivity index (χ4n) is 2.07. The summed E-state index contributed by atoms with van der Waals surface area (Å²) in [6.45, 7) is 4.25. The quantitative estimate of drug-likeness (QED) is 0.764. The van der Waals surface area contributed by atoms with E-state index in [2.05, 4.69) is 25.2 Å². The average Bonchev–Trinajstić information content (AvgIpc) is 3.04. The molecular weight excluding hydrogens is 314 g/mol. The molecule has 0 aliphatic rings. The molecule has 1 aromatic carbocycles. The Labute approximate surface area is 140 Å². The van der Waals surface area contributed by atoms with Crippen LogP contribution in [0.2, 0.25) is 0 Å². The van der Waals surface area contributed by atoms with Crippen LogP contribution in [0.5, 0.6) is 5.75 Å². The maximum atomic E-state index is 12.2. The van der Waals surface area contributed by atoms with Crippen LogP contribution in [0.4, 0.5) is 0 Å². The van der Waals surface area contributed by atoms with Crippen molar-refractivity contribution in [2.24, 2.45) is 5.92 Å². The van der Waals surface area contributed by atoms with Gasteiger partial charge in [-0.15, -0.1) is 23.1 Å². The Morgan fingerprint density at radius 2 is 2.00 bits per heavy atom. The number of thiophene rings is 1. The van der Waals surface area contributed by atoms with E-state index < -0.39 is 0 Å². The van der Waals surface area contributed by atoms with Crippen molar-refractivity contribution in [3.05, 3.63) is 46.7 Å². The van der Waals surface area contributed by atoms with Gasteiger partial charge in [-0.2, -0.15) is 0 Å². The third-order valence-electron chi connectivity index (χ3n) is 3.26. The molecule has 1 atom stereocenters. The van der Waals surface area contributed by atoms with Crippen molar-refractivity contribution in [3.8, 4) is 5.75 Å². The van der Waals surface area contributed by atoms with Crippen molar-refractivity contribution in [1.29, 1.82) is 0 Å². The van der Waals surface area contributed by atoms with Gasteiger partial charge in [-0.25, -0.2) is 0 Å². The summed E-state index contributed by atoms with van der Waals surface area (Å²) < 4.78 is 5.13. The number of carbonyl (C=O) groups is 1. The minimum atomic E-state index is 0.0629. The van der Waals surface area contributed by atoms with E-state index in [0.29, 0.717) is 11.7 Å². The number of amides is 1. The summed E-state index contributed by atoms with van der Waals surface area (Å²) in [6.07, 6.45) is 0. The molecule has 0 radical (unpaired) electrons. The first kappa shape index (κ1) is 16.9. The van der Waals surface area contributed by atoms with Crippen LogP contribution in [0.15, 0.2) is 46.7 Å². The van der Waals surface area contributed by atoms with Gasteiger partial charge in [-0.1, -0.05) is 19.9 Å². The largest absolute Gasteiger partial charge is 0.497 e. The second-order valence-electron chi connectivity index (χ2n) is 5.27. The number of hydrogen-bond acceptors (Lipinski definition) is 4. The third kappa shape index (κ3) is 4.78. The van der Waals surface area contributed by atoms with Gasteiger partial charge < -0.3 is 10.1 Å². The van der Waals surface area contributed by atoms with Gasteiger partial charge in [-0.3, -0.25) is 4.79 Å². The van der Waals surface area contributed by atoms with Gasteiger partial charge in [-0.05, 0) is 41.6 Å². The molecular formula is C17H21NO2S2. The second kappa shape index (κ2) is 8.25. The van der Waals surface area contributed by atoms with Crippen LogP contribution in [0.25, 0.3) is 0 Å². The van der Waals surface area contributed by atoms with Crippen LogP contribution >= 0.6 is 23.1 Å². The molecule has 0 unspecified atom stereocenters. The number of ether oxygens (including phenoxy) is 1. The molecule has 2 rings (SSSR count). The molecule has 2 aromatic rings. The summed E-state index contributed by atoms with van der Waals surface area (Å²) in [6, 6.07) is 11.9. The predicted octanol–water partition coefficient (Wildman–Crippen LogP) is 4.36. The number of thioether (sulfide) groups is 1. The van der Waals surface area contributed by atoms with Gasteiger partial charge in [0.2, 0.25) is 5.91 Å². The monoisotopic (exact) mass is 335 g/mol. The molecule has 0 saturated carbocycles. The topological polar surface area (TPSA) is 38.3 Å². The number of benzene rings is 1. The SMILES string of the molecule is COc1ccc(SCC(=O)N[C@@H](c2cccs2)C(C)C)cc1. The Kier molecular flexibility index (Phi) is 6.34. The highest BCUT2D eigenvalue weighted by molar-refractivity contribution is 8.00. The molecule has 0 fully saturated rings. The van der Waals surface area contributed by atoms with Crippen LogP contribution in [-0.4, -0.2) is 18.8 Å². The van der Waals surface area contributed by atoms with Crippen LogP contribution in [0.1, 0.15) is 24.8 Å². The summed E-state index contributed by atoms with van der Waals surface area (Å²) in [5.74, 6) is 1.67. The Bertz CT molecular complexity index is 579. The lowest BCUT2D eigenvalue weighted by Crippen LogP contribution is -2.32. The molecule has 1 heterocycles. The molecule has 118 valence electrons. The van der Waals surface area contributed by atoms with Gasteiger partial charge in [0.05, 0.1) is 18.9 Å². The highest BCUT2D eigenvalue weighted by Crippen LogP contribution is 2.26. The van der Waals surface area contributed by atoms with Crippen molar-refractivity contribution in [1.82, 2.24) is 5.32 Å². The highest BCUT2D eigenvalue weighted by Gasteiger charge is 2.19. The molecule has 0 spiro atoms. The number of nitrogens with one attached hydrogen (secondary N) is 1. The minimum Gasteiger partial charge on any atom is -0.497 e. The summed E-state index contributed by atoms with van der Waals surface area (Å²) in [5, 5.41) is 5.18. The third-order valence-corrected chi connectivity index (χ3v) is 5.23. The molecule has 3 nitrogen and oxygen atoms in total. The molecule has 1 aromatic heterocycles. The normalized spacial score (nSPS) is 12.2. The summed E-state index contributed by atoms with van der Waals surface area (Å²) in [4.78, 5) is 14.5. The van der Waals surface area contributed by atoms with Crippen molar-refractivity contribution < 1.29 is 9.53 Å². The van der Waals surface area contributed by atoms with E-state index in [-0.39, 0.29) is 11.9 Å². The maximum absolute atomic E-state index is 12.2. The van der Waals surface area contributed by atoms with Gasteiger partial charge >= 0.3 is 0 Å². The lowest BCUT2D eigenvalue weighted by molar-refractivity contribution is -0.119. The van der Waals surface area contributed by atoms with Gasteiger partial charge in [0.15, 0.2) is 0 Å². The lowest BCUT2D eigenvalue weighted by Gasteiger charge is -2.21. The van der Waals surface area contributed by atoms with Crippen molar-refractivity contribution >= 4 is 29.0 Å². The smallest absolute Gasteiger partial charge is 0.230 e. The Morgan fingerprint density at radius 1 is 1.27 bits per heavy atom. The van der Waals surface area contributed by atoms with E-state index in [1.54, 1.807) is 18.4 Å². The predicted molar refractivity (Wildman–Crippen MR) is 93.8 cm³/mol. The summed E-state index contributed by atoms with van der Waals surface area (Å²) in [7, 11) is 1.65. The first-order valence-corrected chi connectivity index (χ1v) is 9.06. The highest BCUT2D eigenvalue weighted by atomic mass is 32.2. The first-order chi connectivity index (χ1) is 10.6. The number of carbonyl (C=O) groups excluding carboxylic acids is 1. The number of rotatable bonds is 7. The maximum Gasteiger partial charge on any atom is 0.230 e. The fraction of sp³-hybridized carbons (Fsp3) is 0.353. The zero-order chi connectivity index (χ0) is 15.9. The van der Waals surface area contributed by atoms with Crippen LogP contribution in [-0.2, 0) is 4.79 Å². The van der Waals surface area contributed by atoms with E-state index in [1.807, 2.05) is 35.7 Å². The van der Waals surface area contributed by atoms with Crippen LogP contribution in [0.3, 0.4) is 0 Å². The summed E-state index contributed by atoms with van der Waals surface area (Å²) in [5.41, 5.74) is 0. The van der Waals surface area contributed by atoms with Gasteiger partial charge in [0.1, 0.15) is 5.75 Å². The molecule has 1 amide bonds. The summed E-state index contributed by atoms with van der Waals surface area (Å²) >= 11 is 3.22. The second-order valence-corrected chi connectivity index (χ2v) is 7.30. The number of hydrogen-bond donors (Lipinski definition) is 1. The molecule has 5 heteroatoms. The van der Waals surface area contributed by atoms with Crippen molar-refractivity contribution in [2.75, 3.05) is 12.9 Å². The average molecular weight is 335 g/mol. The molecule has 0 aliphatic carbocycles. The Hall–Kier alpha value is -1.46. The van der Waals surface area contributed by atoms with E-state index in [0.717, 1.165) is 10.6 Å². The van der Waals surface area contributed by atoms with Gasteiger partial charge in [0.25, 0.3) is 0 Å². The molecule has 0 aliphatic heterocycles. The minimum absolute atomic E-state index is 0.0629. The van der Waals surface area contributed by atoms with Crippen LogP contribution < -0.4 is 10.1 Å². The van der Waals surface area contributed by atoms with Gasteiger partial charge in [0, 0.05) is 9.77 Å². The van der Waals surface area contributed by atoms with Crippen molar-refractivity contribution in [3.63, 3.8) is 0 Å². The fourth-order valence-corrected chi connectivity index (χ4v) is 3.73. The van der Waals surface area contributed by atoms with Crippen LogP contribution in [0, 0.1) is 5.92 Å². The van der Waals surface area contributed by atoms with Crippen molar-refractivity contribution in [2.45, 2.75) is 24.8 Å².